The highest BCUT2D eigenvalue weighted by Gasteiger charge is 2.38. The Kier molecular flexibility index (Phi) is 4.72. The molecule has 2 fully saturated rings. The van der Waals surface area contributed by atoms with Gasteiger partial charge in [-0.15, -0.1) is 0 Å². The molecule has 1 aromatic carbocycles. The third kappa shape index (κ3) is 3.86. The summed E-state index contributed by atoms with van der Waals surface area (Å²) in [6, 6.07) is 10.0. The van der Waals surface area contributed by atoms with Gasteiger partial charge in [0.15, 0.2) is 0 Å². The van der Waals surface area contributed by atoms with Crippen LogP contribution in [0.5, 0.6) is 0 Å². The Balaban J connectivity index is 1.17. The van der Waals surface area contributed by atoms with E-state index in [-0.39, 0.29) is 6.03 Å². The second kappa shape index (κ2) is 7.30. The van der Waals surface area contributed by atoms with Crippen molar-refractivity contribution in [3.63, 3.8) is 0 Å². The van der Waals surface area contributed by atoms with E-state index < -0.39 is 0 Å². The summed E-state index contributed by atoms with van der Waals surface area (Å²) in [6.07, 6.45) is 8.55. The normalized spacial score (nSPS) is 24.4. The third-order valence-electron chi connectivity index (χ3n) is 5.90. The van der Waals surface area contributed by atoms with E-state index in [0.717, 1.165) is 47.5 Å². The summed E-state index contributed by atoms with van der Waals surface area (Å²) in [6.45, 7) is 1.34. The van der Waals surface area contributed by atoms with Gasteiger partial charge in [0.05, 0.1) is 5.69 Å². The van der Waals surface area contributed by atoms with E-state index in [1.54, 1.807) is 6.20 Å². The lowest BCUT2D eigenvalue weighted by Gasteiger charge is -2.21. The molecule has 5 nitrogen and oxygen atoms in total. The summed E-state index contributed by atoms with van der Waals surface area (Å²) in [5, 5.41) is 12.9. The van der Waals surface area contributed by atoms with Gasteiger partial charge in [-0.05, 0) is 60.6 Å². The van der Waals surface area contributed by atoms with Crippen LogP contribution in [0.25, 0.3) is 11.3 Å². The predicted octanol–water partition coefficient (Wildman–Crippen LogP) is 3.70. The monoisotopic (exact) mass is 338 g/mol. The number of benzene rings is 1. The van der Waals surface area contributed by atoms with E-state index in [2.05, 4.69) is 20.8 Å². The molecule has 5 heteroatoms. The van der Waals surface area contributed by atoms with Crippen LogP contribution >= 0.6 is 0 Å². The van der Waals surface area contributed by atoms with E-state index in [1.807, 2.05) is 30.3 Å². The zero-order valence-electron chi connectivity index (χ0n) is 14.5. The molecule has 2 aliphatic rings. The molecule has 25 heavy (non-hydrogen) atoms. The number of carbonyl (C=O) groups excluding carboxylic acids is 1. The molecule has 0 unspecified atom stereocenters. The summed E-state index contributed by atoms with van der Waals surface area (Å²) in [5.74, 6) is 2.76. The maximum absolute atomic E-state index is 12.0. The third-order valence-corrected chi connectivity index (χ3v) is 5.90. The molecule has 0 saturated heterocycles. The average molecular weight is 338 g/mol. The van der Waals surface area contributed by atoms with Crippen molar-refractivity contribution in [3.05, 3.63) is 42.1 Å². The molecule has 2 amide bonds. The Morgan fingerprint density at radius 2 is 2.00 bits per heavy atom. The van der Waals surface area contributed by atoms with E-state index in [0.29, 0.717) is 6.54 Å². The fourth-order valence-corrected chi connectivity index (χ4v) is 4.56. The fraction of sp³-hybridized carbons (Fsp3) is 0.500. The fourth-order valence-electron chi connectivity index (χ4n) is 4.56. The summed E-state index contributed by atoms with van der Waals surface area (Å²) < 4.78 is 0. The molecule has 3 N–H and O–H groups in total. The van der Waals surface area contributed by atoms with Crippen LogP contribution in [0.3, 0.4) is 0 Å². The number of carbonyl (C=O) groups is 1. The summed E-state index contributed by atoms with van der Waals surface area (Å²) in [7, 11) is 0. The molecule has 4 rings (SSSR count). The number of urea groups is 1. The molecule has 0 spiro atoms. The molecule has 3 atom stereocenters. The van der Waals surface area contributed by atoms with Crippen molar-refractivity contribution in [2.24, 2.45) is 17.8 Å². The van der Waals surface area contributed by atoms with Gasteiger partial charge in [0.2, 0.25) is 0 Å². The number of H-pyrrole nitrogens is 1. The van der Waals surface area contributed by atoms with Crippen molar-refractivity contribution in [1.82, 2.24) is 20.8 Å². The second-order valence-electron chi connectivity index (χ2n) is 7.50. The van der Waals surface area contributed by atoms with E-state index in [9.17, 15) is 4.79 Å². The molecule has 1 heterocycles. The maximum atomic E-state index is 12.0. The lowest BCUT2D eigenvalue weighted by atomic mass is 9.86. The first kappa shape index (κ1) is 16.2. The molecule has 2 aromatic rings. The van der Waals surface area contributed by atoms with Gasteiger partial charge in [-0.2, -0.15) is 5.10 Å². The Morgan fingerprint density at radius 1 is 1.12 bits per heavy atom. The zero-order valence-corrected chi connectivity index (χ0v) is 14.5. The van der Waals surface area contributed by atoms with Crippen molar-refractivity contribution >= 4 is 6.03 Å². The Labute approximate surface area is 148 Å². The van der Waals surface area contributed by atoms with Crippen LogP contribution in [-0.2, 0) is 6.54 Å². The van der Waals surface area contributed by atoms with Crippen LogP contribution in [0.1, 0.15) is 37.7 Å². The van der Waals surface area contributed by atoms with Gasteiger partial charge in [-0.1, -0.05) is 30.7 Å². The van der Waals surface area contributed by atoms with Crippen molar-refractivity contribution in [2.75, 3.05) is 6.54 Å². The number of amides is 2. The average Bonchev–Trinajstić information content (AvgIpc) is 3.38. The molecule has 132 valence electrons. The van der Waals surface area contributed by atoms with Crippen molar-refractivity contribution in [1.29, 1.82) is 0 Å². The summed E-state index contributed by atoms with van der Waals surface area (Å²) in [4.78, 5) is 12.0. The molecule has 1 aromatic heterocycles. The van der Waals surface area contributed by atoms with E-state index >= 15 is 0 Å². The standard InChI is InChI=1S/C20H26N4O/c25-20(21-9-7-18-12-15-3-6-17(18)11-15)22-13-14-1-4-16(5-2-14)19-8-10-23-24-19/h1-2,4-5,8,10,15,17-18H,3,6-7,9,11-13H2,(H,23,24)(H2,21,22,25)/t15-,17-,18-/m0/s1. The number of aromatic amines is 1. The van der Waals surface area contributed by atoms with Crippen LogP contribution in [-0.4, -0.2) is 22.8 Å². The number of rotatable bonds is 6. The molecule has 0 radical (unpaired) electrons. The minimum absolute atomic E-state index is 0.0687. The van der Waals surface area contributed by atoms with Crippen molar-refractivity contribution in [3.8, 4) is 11.3 Å². The lowest BCUT2D eigenvalue weighted by Crippen LogP contribution is -2.36. The van der Waals surface area contributed by atoms with Crippen molar-refractivity contribution in [2.45, 2.75) is 38.6 Å². The Bertz CT molecular complexity index is 695. The number of nitrogens with zero attached hydrogens (tertiary/aromatic N) is 1. The molecule has 2 aliphatic carbocycles. The number of hydrogen-bond donors (Lipinski definition) is 3. The lowest BCUT2D eigenvalue weighted by molar-refractivity contribution is 0.237. The number of fused-ring (bicyclic) bond motifs is 2. The summed E-state index contributed by atoms with van der Waals surface area (Å²) >= 11 is 0. The quantitative estimate of drug-likeness (QED) is 0.751. The number of nitrogens with one attached hydrogen (secondary N) is 3. The first-order valence-corrected chi connectivity index (χ1v) is 9.38. The van der Waals surface area contributed by atoms with Gasteiger partial charge in [0.25, 0.3) is 0 Å². The van der Waals surface area contributed by atoms with Gasteiger partial charge in [0, 0.05) is 19.3 Å². The van der Waals surface area contributed by atoms with Crippen LogP contribution in [0.15, 0.2) is 36.5 Å². The highest BCUT2D eigenvalue weighted by Crippen LogP contribution is 2.49. The summed E-state index contributed by atoms with van der Waals surface area (Å²) in [5.41, 5.74) is 3.18. The molecule has 0 aliphatic heterocycles. The topological polar surface area (TPSA) is 69.8 Å². The van der Waals surface area contributed by atoms with Crippen LogP contribution in [0, 0.1) is 17.8 Å². The Hall–Kier alpha value is -2.30. The van der Waals surface area contributed by atoms with Crippen LogP contribution < -0.4 is 10.6 Å². The second-order valence-corrected chi connectivity index (χ2v) is 7.50. The highest BCUT2D eigenvalue weighted by molar-refractivity contribution is 5.73. The molecule has 2 bridgehead atoms. The number of hydrogen-bond acceptors (Lipinski definition) is 2. The predicted molar refractivity (Wildman–Crippen MR) is 97.8 cm³/mol. The van der Waals surface area contributed by atoms with Gasteiger partial charge in [-0.25, -0.2) is 4.79 Å². The molecular formula is C20H26N4O. The Morgan fingerprint density at radius 3 is 2.68 bits per heavy atom. The number of aromatic nitrogens is 2. The maximum Gasteiger partial charge on any atom is 0.315 e. The minimum Gasteiger partial charge on any atom is -0.338 e. The zero-order chi connectivity index (χ0) is 17.1. The molecule has 2 saturated carbocycles. The van der Waals surface area contributed by atoms with Gasteiger partial charge < -0.3 is 10.6 Å². The largest absolute Gasteiger partial charge is 0.338 e. The smallest absolute Gasteiger partial charge is 0.315 e. The van der Waals surface area contributed by atoms with Gasteiger partial charge in [0.1, 0.15) is 0 Å². The van der Waals surface area contributed by atoms with Gasteiger partial charge in [-0.3, -0.25) is 5.10 Å². The highest BCUT2D eigenvalue weighted by atomic mass is 16.2. The van der Waals surface area contributed by atoms with Crippen LogP contribution in [0.2, 0.25) is 0 Å². The SMILES string of the molecule is O=C(NCC[C@H]1C[C@H]2CC[C@H]1C2)NCc1ccc(-c2ccn[nH]2)cc1. The first-order chi connectivity index (χ1) is 12.3. The van der Waals surface area contributed by atoms with E-state index in [4.69, 9.17) is 0 Å². The van der Waals surface area contributed by atoms with Crippen LogP contribution in [0.4, 0.5) is 4.79 Å². The van der Waals surface area contributed by atoms with E-state index in [1.165, 1.54) is 25.7 Å². The minimum atomic E-state index is -0.0687. The first-order valence-electron chi connectivity index (χ1n) is 9.38. The van der Waals surface area contributed by atoms with Crippen molar-refractivity contribution < 1.29 is 4.79 Å². The molecular weight excluding hydrogens is 312 g/mol. The van der Waals surface area contributed by atoms with Gasteiger partial charge >= 0.3 is 6.03 Å².